The van der Waals surface area contributed by atoms with Crippen molar-refractivity contribution >= 4 is 16.8 Å². The number of para-hydroxylation sites is 1. The van der Waals surface area contributed by atoms with Gasteiger partial charge in [0.25, 0.3) is 5.91 Å². The smallest absolute Gasteiger partial charge is 0.275 e. The second-order valence-electron chi connectivity index (χ2n) is 4.55. The Morgan fingerprint density at radius 3 is 3.17 bits per heavy atom. The Morgan fingerprint density at radius 2 is 2.33 bits per heavy atom. The van der Waals surface area contributed by atoms with Crippen LogP contribution in [0.5, 0.6) is 0 Å². The van der Waals surface area contributed by atoms with Crippen LogP contribution in [0.1, 0.15) is 17.4 Å². The fourth-order valence-corrected chi connectivity index (χ4v) is 2.28. The summed E-state index contributed by atoms with van der Waals surface area (Å²) in [5.41, 5.74) is 1.39. The average molecular weight is 245 g/mol. The highest BCUT2D eigenvalue weighted by molar-refractivity contribution is 6.04. The highest BCUT2D eigenvalue weighted by Crippen LogP contribution is 2.18. The number of nitrogens with one attached hydrogen (secondary N) is 1. The number of rotatable bonds is 1. The Morgan fingerprint density at radius 1 is 1.50 bits per heavy atom. The van der Waals surface area contributed by atoms with Gasteiger partial charge in [0.2, 0.25) is 0 Å². The molecule has 18 heavy (non-hydrogen) atoms. The predicted octanol–water partition coefficient (Wildman–Crippen LogP) is 1.42. The van der Waals surface area contributed by atoms with Gasteiger partial charge in [-0.25, -0.2) is 0 Å². The molecular formula is C13H15N3O2. The summed E-state index contributed by atoms with van der Waals surface area (Å²) in [6.07, 6.45) is 0.0907. The van der Waals surface area contributed by atoms with E-state index >= 15 is 0 Å². The lowest BCUT2D eigenvalue weighted by Crippen LogP contribution is -2.44. The van der Waals surface area contributed by atoms with Gasteiger partial charge >= 0.3 is 0 Å². The molecule has 1 fully saturated rings. The number of hydrogen-bond acceptors (Lipinski definition) is 3. The summed E-state index contributed by atoms with van der Waals surface area (Å²) in [6, 6.07) is 7.67. The molecule has 2 heterocycles. The topological polar surface area (TPSA) is 58.2 Å². The van der Waals surface area contributed by atoms with Crippen molar-refractivity contribution in [1.82, 2.24) is 15.1 Å². The molecule has 1 saturated heterocycles. The molecule has 1 aliphatic rings. The van der Waals surface area contributed by atoms with Gasteiger partial charge in [0.05, 0.1) is 18.2 Å². The highest BCUT2D eigenvalue weighted by atomic mass is 16.5. The number of carbonyl (C=O) groups is 1. The Balaban J connectivity index is 1.92. The van der Waals surface area contributed by atoms with Gasteiger partial charge in [-0.05, 0) is 13.0 Å². The first kappa shape index (κ1) is 11.2. The molecule has 3 rings (SSSR count). The molecule has 0 radical (unpaired) electrons. The fourth-order valence-electron chi connectivity index (χ4n) is 2.28. The minimum Gasteiger partial charge on any atom is -0.375 e. The Kier molecular flexibility index (Phi) is 2.76. The molecule has 0 bridgehead atoms. The van der Waals surface area contributed by atoms with Crippen molar-refractivity contribution in [3.05, 3.63) is 30.0 Å². The van der Waals surface area contributed by atoms with E-state index in [4.69, 9.17) is 4.74 Å². The number of aromatic amines is 1. The maximum Gasteiger partial charge on any atom is 0.275 e. The number of hydrogen-bond donors (Lipinski definition) is 1. The lowest BCUT2D eigenvalue weighted by molar-refractivity contribution is -0.0125. The van der Waals surface area contributed by atoms with E-state index in [2.05, 4.69) is 10.2 Å². The lowest BCUT2D eigenvalue weighted by Gasteiger charge is -2.30. The van der Waals surface area contributed by atoms with E-state index in [1.54, 1.807) is 4.90 Å². The largest absolute Gasteiger partial charge is 0.375 e. The number of carbonyl (C=O) groups excluding carboxylic acids is 1. The zero-order valence-corrected chi connectivity index (χ0v) is 10.2. The number of morpholine rings is 1. The van der Waals surface area contributed by atoms with Crippen LogP contribution in [-0.2, 0) is 4.74 Å². The average Bonchev–Trinajstić information content (AvgIpc) is 2.82. The Labute approximate surface area is 105 Å². The zero-order valence-electron chi connectivity index (χ0n) is 10.2. The number of ether oxygens (including phenoxy) is 1. The quantitative estimate of drug-likeness (QED) is 0.826. The Hall–Kier alpha value is -1.88. The highest BCUT2D eigenvalue weighted by Gasteiger charge is 2.25. The van der Waals surface area contributed by atoms with E-state index in [0.29, 0.717) is 25.4 Å². The summed E-state index contributed by atoms with van der Waals surface area (Å²) < 4.78 is 5.44. The standard InChI is InChI=1S/C13H15N3O2/c1-9-8-16(6-7-18-9)13(17)12-10-4-2-3-5-11(10)14-15-12/h2-5,9H,6-8H2,1H3,(H,14,15)/t9-/m0/s1. The summed E-state index contributed by atoms with van der Waals surface area (Å²) >= 11 is 0. The molecule has 1 amide bonds. The van der Waals surface area contributed by atoms with Crippen LogP contribution < -0.4 is 0 Å². The first-order valence-electron chi connectivity index (χ1n) is 6.09. The molecule has 1 aliphatic heterocycles. The molecule has 1 aromatic heterocycles. The van der Waals surface area contributed by atoms with Crippen LogP contribution in [0, 0.1) is 0 Å². The van der Waals surface area contributed by atoms with Crippen molar-refractivity contribution in [3.63, 3.8) is 0 Å². The monoisotopic (exact) mass is 245 g/mol. The third kappa shape index (κ3) is 1.86. The van der Waals surface area contributed by atoms with E-state index in [1.807, 2.05) is 31.2 Å². The van der Waals surface area contributed by atoms with Crippen molar-refractivity contribution < 1.29 is 9.53 Å². The van der Waals surface area contributed by atoms with Crippen LogP contribution in [0.3, 0.4) is 0 Å². The van der Waals surface area contributed by atoms with Gasteiger partial charge in [0.15, 0.2) is 5.69 Å². The molecule has 0 unspecified atom stereocenters. The third-order valence-electron chi connectivity index (χ3n) is 3.20. The molecule has 1 atom stereocenters. The van der Waals surface area contributed by atoms with Crippen LogP contribution in [0.15, 0.2) is 24.3 Å². The minimum absolute atomic E-state index is 0.0254. The van der Waals surface area contributed by atoms with Gasteiger partial charge in [-0.15, -0.1) is 0 Å². The SMILES string of the molecule is C[C@H]1CN(C(=O)c2n[nH]c3ccccc23)CCO1. The van der Waals surface area contributed by atoms with Gasteiger partial charge in [0, 0.05) is 18.5 Å². The summed E-state index contributed by atoms with van der Waals surface area (Å²) in [5, 5.41) is 7.91. The summed E-state index contributed by atoms with van der Waals surface area (Å²) in [6.45, 7) is 3.82. The fraction of sp³-hybridized carbons (Fsp3) is 0.385. The van der Waals surface area contributed by atoms with Gasteiger partial charge < -0.3 is 9.64 Å². The molecule has 1 N–H and O–H groups in total. The molecule has 5 heteroatoms. The second-order valence-corrected chi connectivity index (χ2v) is 4.55. The maximum atomic E-state index is 12.4. The minimum atomic E-state index is -0.0254. The van der Waals surface area contributed by atoms with Gasteiger partial charge in [-0.2, -0.15) is 5.10 Å². The maximum absolute atomic E-state index is 12.4. The lowest BCUT2D eigenvalue weighted by atomic mass is 10.2. The van der Waals surface area contributed by atoms with Crippen LogP contribution >= 0.6 is 0 Å². The molecular weight excluding hydrogens is 230 g/mol. The molecule has 2 aromatic rings. The van der Waals surface area contributed by atoms with Crippen LogP contribution in [-0.4, -0.2) is 46.8 Å². The number of fused-ring (bicyclic) bond motifs is 1. The van der Waals surface area contributed by atoms with Crippen molar-refractivity contribution in [3.8, 4) is 0 Å². The number of amides is 1. The van der Waals surface area contributed by atoms with E-state index < -0.39 is 0 Å². The normalized spacial score (nSPS) is 20.3. The van der Waals surface area contributed by atoms with Gasteiger partial charge in [-0.3, -0.25) is 9.89 Å². The zero-order chi connectivity index (χ0) is 12.5. The van der Waals surface area contributed by atoms with Crippen LogP contribution in [0.2, 0.25) is 0 Å². The van der Waals surface area contributed by atoms with E-state index in [9.17, 15) is 4.79 Å². The van der Waals surface area contributed by atoms with E-state index in [-0.39, 0.29) is 12.0 Å². The summed E-state index contributed by atoms with van der Waals surface area (Å²) in [7, 11) is 0. The predicted molar refractivity (Wildman–Crippen MR) is 67.4 cm³/mol. The molecule has 0 spiro atoms. The number of H-pyrrole nitrogens is 1. The summed E-state index contributed by atoms with van der Waals surface area (Å²) in [5.74, 6) is -0.0254. The first-order valence-corrected chi connectivity index (χ1v) is 6.09. The molecule has 1 aromatic carbocycles. The van der Waals surface area contributed by atoms with E-state index in [0.717, 1.165) is 10.9 Å². The van der Waals surface area contributed by atoms with E-state index in [1.165, 1.54) is 0 Å². The molecule has 0 aliphatic carbocycles. The van der Waals surface area contributed by atoms with Crippen molar-refractivity contribution in [2.24, 2.45) is 0 Å². The number of aromatic nitrogens is 2. The van der Waals surface area contributed by atoms with Crippen molar-refractivity contribution in [2.75, 3.05) is 19.7 Å². The summed E-state index contributed by atoms with van der Waals surface area (Å²) in [4.78, 5) is 14.2. The molecule has 5 nitrogen and oxygen atoms in total. The number of nitrogens with zero attached hydrogens (tertiary/aromatic N) is 2. The molecule has 94 valence electrons. The first-order chi connectivity index (χ1) is 8.75. The second kappa shape index (κ2) is 4.42. The number of benzene rings is 1. The van der Waals surface area contributed by atoms with Crippen LogP contribution in [0.25, 0.3) is 10.9 Å². The molecule has 0 saturated carbocycles. The Bertz CT molecular complexity index is 578. The van der Waals surface area contributed by atoms with Gasteiger partial charge in [-0.1, -0.05) is 18.2 Å². The van der Waals surface area contributed by atoms with Crippen LogP contribution in [0.4, 0.5) is 0 Å². The third-order valence-corrected chi connectivity index (χ3v) is 3.20. The van der Waals surface area contributed by atoms with Crippen molar-refractivity contribution in [2.45, 2.75) is 13.0 Å². The van der Waals surface area contributed by atoms with Crippen molar-refractivity contribution in [1.29, 1.82) is 0 Å². The van der Waals surface area contributed by atoms with Gasteiger partial charge in [0.1, 0.15) is 0 Å².